The van der Waals surface area contributed by atoms with Gasteiger partial charge < -0.3 is 5.73 Å². The van der Waals surface area contributed by atoms with E-state index in [2.05, 4.69) is 16.0 Å². The van der Waals surface area contributed by atoms with Crippen molar-refractivity contribution in [2.24, 2.45) is 5.73 Å². The summed E-state index contributed by atoms with van der Waals surface area (Å²) in [7, 11) is 0. The predicted molar refractivity (Wildman–Crippen MR) is 76.7 cm³/mol. The molecule has 0 saturated heterocycles. The highest BCUT2D eigenvalue weighted by Crippen LogP contribution is 2.30. The van der Waals surface area contributed by atoms with Crippen LogP contribution in [0.4, 0.5) is 0 Å². The maximum atomic E-state index is 11.9. The van der Waals surface area contributed by atoms with Crippen molar-refractivity contribution in [1.29, 1.82) is 0 Å². The van der Waals surface area contributed by atoms with Crippen molar-refractivity contribution in [1.82, 2.24) is 9.88 Å². The third-order valence-electron chi connectivity index (χ3n) is 3.79. The van der Waals surface area contributed by atoms with E-state index in [9.17, 15) is 4.79 Å². The Morgan fingerprint density at radius 2 is 2.00 bits per heavy atom. The van der Waals surface area contributed by atoms with Gasteiger partial charge in [-0.1, -0.05) is 24.3 Å². The number of carbonyl (C=O) groups excluding carboxylic acids is 1. The Morgan fingerprint density at radius 1 is 1.25 bits per heavy atom. The Balaban J connectivity index is 1.91. The summed E-state index contributed by atoms with van der Waals surface area (Å²) in [4.78, 5) is 18.0. The third kappa shape index (κ3) is 2.42. The van der Waals surface area contributed by atoms with E-state index in [-0.39, 0.29) is 11.9 Å². The number of pyridine rings is 1. The van der Waals surface area contributed by atoms with Crippen LogP contribution in [0.15, 0.2) is 48.8 Å². The molecule has 1 aromatic heterocycles. The SMILES string of the molecule is NC(=O)C1c2ccccc2CCN1Cc1ccncc1. The quantitative estimate of drug-likeness (QED) is 0.920. The van der Waals surface area contributed by atoms with Crippen LogP contribution in [0.1, 0.15) is 22.7 Å². The van der Waals surface area contributed by atoms with E-state index >= 15 is 0 Å². The minimum atomic E-state index is -0.340. The number of fused-ring (bicyclic) bond motifs is 1. The summed E-state index contributed by atoms with van der Waals surface area (Å²) in [5, 5.41) is 0. The van der Waals surface area contributed by atoms with Crippen LogP contribution in [0.2, 0.25) is 0 Å². The summed E-state index contributed by atoms with van der Waals surface area (Å²) in [5.41, 5.74) is 9.04. The molecule has 4 heteroatoms. The topological polar surface area (TPSA) is 59.2 Å². The molecule has 2 N–H and O–H groups in total. The largest absolute Gasteiger partial charge is 0.368 e. The van der Waals surface area contributed by atoms with Crippen LogP contribution < -0.4 is 5.73 Å². The summed E-state index contributed by atoms with van der Waals surface area (Å²) in [5.74, 6) is -0.286. The Bertz CT molecular complexity index is 612. The first-order valence-electron chi connectivity index (χ1n) is 6.76. The molecule has 1 atom stereocenters. The van der Waals surface area contributed by atoms with Crippen LogP contribution in [0.5, 0.6) is 0 Å². The summed E-state index contributed by atoms with van der Waals surface area (Å²) in [6.07, 6.45) is 4.49. The van der Waals surface area contributed by atoms with Gasteiger partial charge in [0, 0.05) is 25.5 Å². The number of hydrogen-bond acceptors (Lipinski definition) is 3. The van der Waals surface area contributed by atoms with Gasteiger partial charge in [0.2, 0.25) is 5.91 Å². The van der Waals surface area contributed by atoms with Gasteiger partial charge in [-0.15, -0.1) is 0 Å². The zero-order chi connectivity index (χ0) is 13.9. The molecule has 0 aliphatic carbocycles. The van der Waals surface area contributed by atoms with Crippen LogP contribution >= 0.6 is 0 Å². The monoisotopic (exact) mass is 267 g/mol. The molecule has 0 bridgehead atoms. The van der Waals surface area contributed by atoms with Gasteiger partial charge in [-0.05, 0) is 35.2 Å². The molecule has 1 amide bonds. The molecule has 0 radical (unpaired) electrons. The normalized spacial score (nSPS) is 18.5. The van der Waals surface area contributed by atoms with Crippen LogP contribution in [0.3, 0.4) is 0 Å². The predicted octanol–water partition coefficient (Wildman–Crippen LogP) is 1.67. The maximum absolute atomic E-state index is 11.9. The standard InChI is InChI=1S/C16H17N3O/c17-16(20)15-14-4-2-1-3-13(14)7-10-19(15)11-12-5-8-18-9-6-12/h1-6,8-9,15H,7,10-11H2,(H2,17,20). The zero-order valence-electron chi connectivity index (χ0n) is 11.2. The number of primary amides is 1. The van der Waals surface area contributed by atoms with E-state index in [4.69, 9.17) is 5.73 Å². The highest BCUT2D eigenvalue weighted by atomic mass is 16.1. The van der Waals surface area contributed by atoms with Gasteiger partial charge in [-0.3, -0.25) is 14.7 Å². The molecular formula is C16H17N3O. The number of amides is 1. The van der Waals surface area contributed by atoms with E-state index in [1.54, 1.807) is 12.4 Å². The highest BCUT2D eigenvalue weighted by molar-refractivity contribution is 5.82. The Morgan fingerprint density at radius 3 is 2.75 bits per heavy atom. The molecule has 0 spiro atoms. The van der Waals surface area contributed by atoms with Crippen LogP contribution in [0.25, 0.3) is 0 Å². The van der Waals surface area contributed by atoms with Gasteiger partial charge >= 0.3 is 0 Å². The molecule has 4 nitrogen and oxygen atoms in total. The van der Waals surface area contributed by atoms with Crippen molar-refractivity contribution in [3.05, 3.63) is 65.5 Å². The number of hydrogen-bond donors (Lipinski definition) is 1. The number of rotatable bonds is 3. The second-order valence-corrected chi connectivity index (χ2v) is 5.08. The van der Waals surface area contributed by atoms with E-state index in [1.807, 2.05) is 30.3 Å². The van der Waals surface area contributed by atoms with Crippen molar-refractivity contribution in [2.45, 2.75) is 19.0 Å². The van der Waals surface area contributed by atoms with Crippen molar-refractivity contribution in [2.75, 3.05) is 6.54 Å². The molecule has 2 heterocycles. The lowest BCUT2D eigenvalue weighted by atomic mass is 9.92. The molecule has 1 aromatic carbocycles. The van der Waals surface area contributed by atoms with E-state index in [0.717, 1.165) is 24.1 Å². The molecule has 0 fully saturated rings. The Kier molecular flexibility index (Phi) is 3.48. The third-order valence-corrected chi connectivity index (χ3v) is 3.79. The number of benzene rings is 1. The highest BCUT2D eigenvalue weighted by Gasteiger charge is 2.31. The second-order valence-electron chi connectivity index (χ2n) is 5.08. The molecule has 3 rings (SSSR count). The van der Waals surface area contributed by atoms with Gasteiger partial charge in [-0.2, -0.15) is 0 Å². The van der Waals surface area contributed by atoms with E-state index in [1.165, 1.54) is 5.56 Å². The average molecular weight is 267 g/mol. The molecule has 20 heavy (non-hydrogen) atoms. The zero-order valence-corrected chi connectivity index (χ0v) is 11.2. The van der Waals surface area contributed by atoms with Crippen molar-refractivity contribution in [3.8, 4) is 0 Å². The first kappa shape index (κ1) is 12.8. The first-order valence-corrected chi connectivity index (χ1v) is 6.76. The Hall–Kier alpha value is -2.20. The molecular weight excluding hydrogens is 250 g/mol. The average Bonchev–Trinajstić information content (AvgIpc) is 2.47. The fourth-order valence-electron chi connectivity index (χ4n) is 2.84. The van der Waals surface area contributed by atoms with Crippen LogP contribution in [-0.2, 0) is 17.8 Å². The van der Waals surface area contributed by atoms with E-state index < -0.39 is 0 Å². The lowest BCUT2D eigenvalue weighted by Crippen LogP contribution is -2.42. The molecule has 1 unspecified atom stereocenters. The number of carbonyl (C=O) groups is 1. The Labute approximate surface area is 118 Å². The summed E-state index contributed by atoms with van der Waals surface area (Å²) in [6, 6.07) is 11.7. The molecule has 2 aromatic rings. The smallest absolute Gasteiger partial charge is 0.239 e. The fraction of sp³-hybridized carbons (Fsp3) is 0.250. The summed E-state index contributed by atoms with van der Waals surface area (Å²) < 4.78 is 0. The number of aromatic nitrogens is 1. The van der Waals surface area contributed by atoms with Crippen molar-refractivity contribution >= 4 is 5.91 Å². The second kappa shape index (κ2) is 5.43. The molecule has 102 valence electrons. The maximum Gasteiger partial charge on any atom is 0.239 e. The molecule has 1 aliphatic rings. The van der Waals surface area contributed by atoms with Crippen molar-refractivity contribution in [3.63, 3.8) is 0 Å². The molecule has 0 saturated carbocycles. The lowest BCUT2D eigenvalue weighted by molar-refractivity contribution is -0.124. The van der Waals surface area contributed by atoms with Crippen LogP contribution in [-0.4, -0.2) is 22.3 Å². The van der Waals surface area contributed by atoms with Gasteiger partial charge in [0.15, 0.2) is 0 Å². The fourth-order valence-corrected chi connectivity index (χ4v) is 2.84. The number of nitrogens with two attached hydrogens (primary N) is 1. The van der Waals surface area contributed by atoms with Gasteiger partial charge in [0.25, 0.3) is 0 Å². The van der Waals surface area contributed by atoms with Gasteiger partial charge in [0.05, 0.1) is 0 Å². The van der Waals surface area contributed by atoms with E-state index in [0.29, 0.717) is 6.54 Å². The summed E-state index contributed by atoms with van der Waals surface area (Å²) in [6.45, 7) is 1.55. The van der Waals surface area contributed by atoms with Gasteiger partial charge in [-0.25, -0.2) is 0 Å². The van der Waals surface area contributed by atoms with Crippen molar-refractivity contribution < 1.29 is 4.79 Å². The van der Waals surface area contributed by atoms with Gasteiger partial charge in [0.1, 0.15) is 6.04 Å². The molecule has 1 aliphatic heterocycles. The minimum absolute atomic E-state index is 0.286. The lowest BCUT2D eigenvalue weighted by Gasteiger charge is -2.35. The number of nitrogens with zero attached hydrogens (tertiary/aromatic N) is 2. The first-order chi connectivity index (χ1) is 9.75. The minimum Gasteiger partial charge on any atom is -0.368 e. The van der Waals surface area contributed by atoms with Crippen LogP contribution in [0, 0.1) is 0 Å². The summed E-state index contributed by atoms with van der Waals surface area (Å²) >= 11 is 0.